The maximum Gasteiger partial charge on any atom is 0.317 e. The van der Waals surface area contributed by atoms with Crippen molar-refractivity contribution in [1.82, 2.24) is 15.1 Å². The van der Waals surface area contributed by atoms with Crippen molar-refractivity contribution < 1.29 is 9.59 Å². The number of nitrogens with zero attached hydrogens (tertiary/aromatic N) is 2. The summed E-state index contributed by atoms with van der Waals surface area (Å²) in [5.74, 6) is 1.16. The molecule has 5 nitrogen and oxygen atoms in total. The van der Waals surface area contributed by atoms with E-state index < -0.39 is 0 Å². The monoisotopic (exact) mass is 321 g/mol. The fraction of sp³-hybridized carbons (Fsp3) is 0.889. The van der Waals surface area contributed by atoms with Gasteiger partial charge in [-0.05, 0) is 31.6 Å². The average Bonchev–Trinajstić information content (AvgIpc) is 3.02. The third-order valence-electron chi connectivity index (χ3n) is 5.81. The van der Waals surface area contributed by atoms with Crippen molar-refractivity contribution in [2.75, 3.05) is 26.2 Å². The molecule has 0 aromatic heterocycles. The summed E-state index contributed by atoms with van der Waals surface area (Å²) in [6.07, 6.45) is 11.9. The molecular weight excluding hydrogens is 290 g/mol. The summed E-state index contributed by atoms with van der Waals surface area (Å²) < 4.78 is 0. The number of carbonyl (C=O) groups is 2. The van der Waals surface area contributed by atoms with Gasteiger partial charge in [-0.3, -0.25) is 4.79 Å². The second-order valence-corrected chi connectivity index (χ2v) is 7.46. The van der Waals surface area contributed by atoms with Crippen molar-refractivity contribution >= 4 is 11.9 Å². The summed E-state index contributed by atoms with van der Waals surface area (Å²) in [5.41, 5.74) is 0. The lowest BCUT2D eigenvalue weighted by atomic mass is 9.86. The molecule has 1 aliphatic carbocycles. The number of piperidine rings is 1. The van der Waals surface area contributed by atoms with E-state index in [1.807, 2.05) is 9.80 Å². The lowest BCUT2D eigenvalue weighted by molar-refractivity contribution is -0.133. The van der Waals surface area contributed by atoms with Gasteiger partial charge in [0.25, 0.3) is 0 Å². The molecule has 5 heteroatoms. The fourth-order valence-electron chi connectivity index (χ4n) is 4.45. The number of likely N-dealkylation sites (tertiary alicyclic amines) is 1. The number of amides is 3. The second-order valence-electron chi connectivity index (χ2n) is 7.46. The highest BCUT2D eigenvalue weighted by molar-refractivity contribution is 5.78. The SMILES string of the molecule is O=C(CCCC1CCCCC1)N1CCC[C@H](N2CCNC2=O)C1. The van der Waals surface area contributed by atoms with Crippen molar-refractivity contribution in [3.8, 4) is 0 Å². The van der Waals surface area contributed by atoms with Crippen molar-refractivity contribution in [2.45, 2.75) is 70.3 Å². The van der Waals surface area contributed by atoms with Gasteiger partial charge in [-0.2, -0.15) is 0 Å². The van der Waals surface area contributed by atoms with Crippen LogP contribution in [-0.4, -0.2) is 54.0 Å². The molecule has 2 aliphatic heterocycles. The van der Waals surface area contributed by atoms with Gasteiger partial charge < -0.3 is 15.1 Å². The molecule has 3 amide bonds. The molecule has 0 unspecified atom stereocenters. The van der Waals surface area contributed by atoms with E-state index in [1.165, 1.54) is 38.5 Å². The Balaban J connectivity index is 1.40. The maximum atomic E-state index is 12.5. The Morgan fingerprint density at radius 1 is 1.09 bits per heavy atom. The number of urea groups is 1. The fourth-order valence-corrected chi connectivity index (χ4v) is 4.45. The third kappa shape index (κ3) is 4.39. The Morgan fingerprint density at radius 2 is 1.91 bits per heavy atom. The van der Waals surface area contributed by atoms with E-state index in [1.54, 1.807) is 0 Å². The molecule has 3 fully saturated rings. The van der Waals surface area contributed by atoms with Crippen LogP contribution in [0.1, 0.15) is 64.2 Å². The zero-order chi connectivity index (χ0) is 16.1. The number of nitrogens with one attached hydrogen (secondary N) is 1. The zero-order valence-corrected chi connectivity index (χ0v) is 14.3. The number of carbonyl (C=O) groups excluding carboxylic acids is 2. The highest BCUT2D eigenvalue weighted by Gasteiger charge is 2.32. The Kier molecular flexibility index (Phi) is 5.79. The first-order valence-electron chi connectivity index (χ1n) is 9.56. The molecule has 1 saturated carbocycles. The second kappa shape index (κ2) is 8.02. The van der Waals surface area contributed by atoms with Crippen LogP contribution in [0.15, 0.2) is 0 Å². The van der Waals surface area contributed by atoms with Crippen LogP contribution in [0.5, 0.6) is 0 Å². The van der Waals surface area contributed by atoms with Crippen LogP contribution in [0.2, 0.25) is 0 Å². The predicted octanol–water partition coefficient (Wildman–Crippen LogP) is 2.75. The van der Waals surface area contributed by atoms with Crippen LogP contribution >= 0.6 is 0 Å². The predicted molar refractivity (Wildman–Crippen MR) is 90.1 cm³/mol. The first-order valence-corrected chi connectivity index (χ1v) is 9.56. The Morgan fingerprint density at radius 3 is 2.65 bits per heavy atom. The van der Waals surface area contributed by atoms with Crippen LogP contribution in [0.25, 0.3) is 0 Å². The molecule has 0 spiro atoms. The molecule has 0 bridgehead atoms. The Bertz CT molecular complexity index is 420. The maximum absolute atomic E-state index is 12.5. The van der Waals surface area contributed by atoms with E-state index in [0.717, 1.165) is 51.4 Å². The minimum atomic E-state index is 0.0431. The van der Waals surface area contributed by atoms with Crippen LogP contribution < -0.4 is 5.32 Å². The van der Waals surface area contributed by atoms with E-state index in [2.05, 4.69) is 5.32 Å². The average molecular weight is 321 g/mol. The number of hydrogen-bond acceptors (Lipinski definition) is 2. The van der Waals surface area contributed by atoms with Gasteiger partial charge in [0.05, 0.1) is 6.04 Å². The van der Waals surface area contributed by atoms with E-state index in [4.69, 9.17) is 0 Å². The van der Waals surface area contributed by atoms with Crippen LogP contribution in [0, 0.1) is 5.92 Å². The smallest absolute Gasteiger partial charge is 0.317 e. The van der Waals surface area contributed by atoms with Gasteiger partial charge in [-0.15, -0.1) is 0 Å². The van der Waals surface area contributed by atoms with Gasteiger partial charge in [0.2, 0.25) is 5.91 Å². The molecule has 3 aliphatic rings. The summed E-state index contributed by atoms with van der Waals surface area (Å²) in [6.45, 7) is 3.13. The number of hydrogen-bond donors (Lipinski definition) is 1. The van der Waals surface area contributed by atoms with E-state index in [9.17, 15) is 9.59 Å². The van der Waals surface area contributed by atoms with Crippen LogP contribution in [0.3, 0.4) is 0 Å². The minimum Gasteiger partial charge on any atom is -0.341 e. The quantitative estimate of drug-likeness (QED) is 0.846. The molecule has 3 rings (SSSR count). The highest BCUT2D eigenvalue weighted by atomic mass is 16.2. The molecule has 0 aromatic rings. The molecule has 2 saturated heterocycles. The Hall–Kier alpha value is -1.26. The van der Waals surface area contributed by atoms with E-state index in [-0.39, 0.29) is 12.1 Å². The third-order valence-corrected chi connectivity index (χ3v) is 5.81. The molecule has 0 radical (unpaired) electrons. The van der Waals surface area contributed by atoms with Gasteiger partial charge in [0.15, 0.2) is 0 Å². The van der Waals surface area contributed by atoms with Crippen LogP contribution in [0.4, 0.5) is 4.79 Å². The van der Waals surface area contributed by atoms with Crippen molar-refractivity contribution in [1.29, 1.82) is 0 Å². The molecule has 23 heavy (non-hydrogen) atoms. The van der Waals surface area contributed by atoms with Crippen LogP contribution in [-0.2, 0) is 4.79 Å². The molecular formula is C18H31N3O2. The van der Waals surface area contributed by atoms with Crippen molar-refractivity contribution in [3.05, 3.63) is 0 Å². The van der Waals surface area contributed by atoms with Gasteiger partial charge in [0, 0.05) is 32.6 Å². The Labute approximate surface area is 139 Å². The summed E-state index contributed by atoms with van der Waals surface area (Å²) in [4.78, 5) is 28.2. The summed E-state index contributed by atoms with van der Waals surface area (Å²) in [6, 6.07) is 0.259. The van der Waals surface area contributed by atoms with Crippen molar-refractivity contribution in [3.63, 3.8) is 0 Å². The highest BCUT2D eigenvalue weighted by Crippen LogP contribution is 2.28. The molecule has 130 valence electrons. The lowest BCUT2D eigenvalue weighted by Gasteiger charge is -2.37. The van der Waals surface area contributed by atoms with Gasteiger partial charge in [-0.25, -0.2) is 4.79 Å². The van der Waals surface area contributed by atoms with Gasteiger partial charge in [0.1, 0.15) is 0 Å². The topological polar surface area (TPSA) is 52.7 Å². The molecule has 1 atom stereocenters. The normalized spacial score (nSPS) is 26.4. The summed E-state index contributed by atoms with van der Waals surface area (Å²) in [5, 5.41) is 2.87. The van der Waals surface area contributed by atoms with Crippen molar-refractivity contribution in [2.24, 2.45) is 5.92 Å². The molecule has 1 N–H and O–H groups in total. The van der Waals surface area contributed by atoms with E-state index >= 15 is 0 Å². The summed E-state index contributed by atoms with van der Waals surface area (Å²) >= 11 is 0. The largest absolute Gasteiger partial charge is 0.341 e. The molecule has 0 aromatic carbocycles. The lowest BCUT2D eigenvalue weighted by Crippen LogP contribution is -2.50. The van der Waals surface area contributed by atoms with E-state index in [0.29, 0.717) is 12.3 Å². The standard InChI is InChI=1S/C18H31N3O2/c22-17(10-4-8-15-6-2-1-3-7-15)20-12-5-9-16(14-20)21-13-11-19-18(21)23/h15-16H,1-14H2,(H,19,23)/t16-/m0/s1. The first kappa shape index (κ1) is 16.6. The van der Waals surface area contributed by atoms with Gasteiger partial charge >= 0.3 is 6.03 Å². The summed E-state index contributed by atoms with van der Waals surface area (Å²) in [7, 11) is 0. The first-order chi connectivity index (χ1) is 11.2. The zero-order valence-electron chi connectivity index (χ0n) is 14.3. The molecule has 2 heterocycles. The minimum absolute atomic E-state index is 0.0431. The number of rotatable bonds is 5. The van der Waals surface area contributed by atoms with Gasteiger partial charge in [-0.1, -0.05) is 32.1 Å².